The molecule has 0 bridgehead atoms. The Morgan fingerprint density at radius 3 is 2.17 bits per heavy atom. The van der Waals surface area contributed by atoms with E-state index in [1.165, 1.54) is 26.4 Å². The molecule has 12 heavy (non-hydrogen) atoms. The van der Waals surface area contributed by atoms with Gasteiger partial charge in [0.2, 0.25) is 0 Å². The second-order valence-electron chi connectivity index (χ2n) is 2.27. The van der Waals surface area contributed by atoms with Crippen LogP contribution in [-0.2, 0) is 0 Å². The first-order chi connectivity index (χ1) is 5.69. The molecule has 0 aromatic heterocycles. The number of anilines is 1. The highest BCUT2D eigenvalue weighted by Crippen LogP contribution is 2.35. The van der Waals surface area contributed by atoms with Crippen LogP contribution in [0.4, 0.5) is 5.69 Å². The van der Waals surface area contributed by atoms with Gasteiger partial charge in [-0.3, -0.25) is 0 Å². The van der Waals surface area contributed by atoms with Crippen molar-refractivity contribution in [3.63, 3.8) is 0 Å². The third-order valence-electron chi connectivity index (χ3n) is 1.53. The molecule has 0 aliphatic carbocycles. The Morgan fingerprint density at radius 2 is 1.67 bits per heavy atom. The number of aromatic hydroxyl groups is 1. The monoisotopic (exact) mass is 169 g/mol. The van der Waals surface area contributed by atoms with Crippen molar-refractivity contribution in [3.05, 3.63) is 12.1 Å². The Kier molecular flexibility index (Phi) is 2.28. The summed E-state index contributed by atoms with van der Waals surface area (Å²) in [7, 11) is 3.00. The maximum atomic E-state index is 9.19. The number of methoxy groups -OCH3 is 2. The number of hydrogen-bond donors (Lipinski definition) is 2. The Labute approximate surface area is 70.5 Å². The van der Waals surface area contributed by atoms with Gasteiger partial charge in [-0.25, -0.2) is 0 Å². The molecule has 0 fully saturated rings. The van der Waals surface area contributed by atoms with Gasteiger partial charge in [0.15, 0.2) is 11.5 Å². The molecule has 0 aliphatic heterocycles. The molecule has 66 valence electrons. The van der Waals surface area contributed by atoms with Gasteiger partial charge in [0, 0.05) is 12.1 Å². The summed E-state index contributed by atoms with van der Waals surface area (Å²) in [5.74, 6) is 0.963. The van der Waals surface area contributed by atoms with E-state index in [0.29, 0.717) is 11.5 Å². The SMILES string of the molecule is COc1cc(N)c(O)cc1OC. The molecule has 0 radical (unpaired) electrons. The highest BCUT2D eigenvalue weighted by atomic mass is 16.5. The zero-order chi connectivity index (χ0) is 9.14. The lowest BCUT2D eigenvalue weighted by molar-refractivity contribution is 0.352. The first-order valence-electron chi connectivity index (χ1n) is 3.39. The molecule has 3 N–H and O–H groups in total. The fourth-order valence-corrected chi connectivity index (χ4v) is 0.884. The summed E-state index contributed by atoms with van der Waals surface area (Å²) in [6.07, 6.45) is 0. The Bertz CT molecular complexity index is 257. The van der Waals surface area contributed by atoms with Crippen molar-refractivity contribution in [2.24, 2.45) is 0 Å². The lowest BCUT2D eigenvalue weighted by Crippen LogP contribution is -1.93. The summed E-state index contributed by atoms with van der Waals surface area (Å²) < 4.78 is 9.89. The highest BCUT2D eigenvalue weighted by molar-refractivity contribution is 5.61. The summed E-state index contributed by atoms with van der Waals surface area (Å²) in [6, 6.07) is 2.92. The van der Waals surface area contributed by atoms with Gasteiger partial charge in [0.25, 0.3) is 0 Å². The van der Waals surface area contributed by atoms with Crippen molar-refractivity contribution < 1.29 is 14.6 Å². The third-order valence-corrected chi connectivity index (χ3v) is 1.53. The maximum Gasteiger partial charge on any atom is 0.164 e. The van der Waals surface area contributed by atoms with Crippen LogP contribution >= 0.6 is 0 Å². The second-order valence-corrected chi connectivity index (χ2v) is 2.27. The molecule has 0 heterocycles. The number of nitrogens with two attached hydrogens (primary N) is 1. The predicted molar refractivity (Wildman–Crippen MR) is 45.6 cm³/mol. The van der Waals surface area contributed by atoms with Crippen LogP contribution in [0.5, 0.6) is 17.2 Å². The molecule has 4 heteroatoms. The number of phenols is 1. The molecule has 0 saturated heterocycles. The molecule has 1 aromatic rings. The van der Waals surface area contributed by atoms with Crippen molar-refractivity contribution in [2.45, 2.75) is 0 Å². The van der Waals surface area contributed by atoms with E-state index in [1.807, 2.05) is 0 Å². The van der Waals surface area contributed by atoms with Crippen LogP contribution in [0.3, 0.4) is 0 Å². The van der Waals surface area contributed by atoms with Gasteiger partial charge in [-0.05, 0) is 0 Å². The maximum absolute atomic E-state index is 9.19. The minimum Gasteiger partial charge on any atom is -0.506 e. The van der Waals surface area contributed by atoms with Crippen LogP contribution < -0.4 is 15.2 Å². The Balaban J connectivity index is 3.19. The van der Waals surface area contributed by atoms with Crippen molar-refractivity contribution >= 4 is 5.69 Å². The number of rotatable bonds is 2. The normalized spacial score (nSPS) is 9.50. The van der Waals surface area contributed by atoms with Crippen LogP contribution in [0.2, 0.25) is 0 Å². The summed E-state index contributed by atoms with van der Waals surface area (Å²) in [4.78, 5) is 0. The quantitative estimate of drug-likeness (QED) is 0.512. The fourth-order valence-electron chi connectivity index (χ4n) is 0.884. The third kappa shape index (κ3) is 1.37. The lowest BCUT2D eigenvalue weighted by atomic mass is 10.2. The summed E-state index contributed by atoms with van der Waals surface area (Å²) in [5.41, 5.74) is 5.71. The number of hydrogen-bond acceptors (Lipinski definition) is 4. The Morgan fingerprint density at radius 1 is 1.17 bits per heavy atom. The van der Waals surface area contributed by atoms with Gasteiger partial charge < -0.3 is 20.3 Å². The van der Waals surface area contributed by atoms with Gasteiger partial charge in [-0.15, -0.1) is 0 Å². The first-order valence-corrected chi connectivity index (χ1v) is 3.39. The highest BCUT2D eigenvalue weighted by Gasteiger charge is 2.07. The van der Waals surface area contributed by atoms with Crippen LogP contribution in [0.15, 0.2) is 12.1 Å². The summed E-state index contributed by atoms with van der Waals surface area (Å²) in [5, 5.41) is 9.19. The molecule has 0 aliphatic rings. The lowest BCUT2D eigenvalue weighted by Gasteiger charge is -2.08. The number of ether oxygens (including phenoxy) is 2. The molecular formula is C8H11NO3. The molecule has 0 spiro atoms. The minimum absolute atomic E-state index is 0.00681. The van der Waals surface area contributed by atoms with Crippen LogP contribution in [0.1, 0.15) is 0 Å². The number of nitrogen functional groups attached to an aromatic ring is 1. The van der Waals surface area contributed by atoms with Crippen molar-refractivity contribution in [3.8, 4) is 17.2 Å². The van der Waals surface area contributed by atoms with Gasteiger partial charge in [-0.1, -0.05) is 0 Å². The van der Waals surface area contributed by atoms with E-state index >= 15 is 0 Å². The van der Waals surface area contributed by atoms with Gasteiger partial charge in [-0.2, -0.15) is 0 Å². The molecule has 1 rings (SSSR count). The molecule has 1 aromatic carbocycles. The molecule has 0 saturated carbocycles. The zero-order valence-corrected chi connectivity index (χ0v) is 7.00. The summed E-state index contributed by atoms with van der Waals surface area (Å²) >= 11 is 0. The van der Waals surface area contributed by atoms with Crippen LogP contribution in [-0.4, -0.2) is 19.3 Å². The molecule has 0 atom stereocenters. The van der Waals surface area contributed by atoms with Crippen molar-refractivity contribution in [1.82, 2.24) is 0 Å². The number of phenolic OH excluding ortho intramolecular Hbond substituents is 1. The molecule has 4 nitrogen and oxygen atoms in total. The first kappa shape index (κ1) is 8.52. The van der Waals surface area contributed by atoms with Gasteiger partial charge in [0.05, 0.1) is 19.9 Å². The predicted octanol–water partition coefficient (Wildman–Crippen LogP) is 0.992. The van der Waals surface area contributed by atoms with E-state index in [-0.39, 0.29) is 11.4 Å². The van der Waals surface area contributed by atoms with Gasteiger partial charge >= 0.3 is 0 Å². The van der Waals surface area contributed by atoms with E-state index in [1.54, 1.807) is 0 Å². The molecular weight excluding hydrogens is 158 g/mol. The largest absolute Gasteiger partial charge is 0.506 e. The number of benzene rings is 1. The van der Waals surface area contributed by atoms with Crippen molar-refractivity contribution in [2.75, 3.05) is 20.0 Å². The average Bonchev–Trinajstić information content (AvgIpc) is 2.09. The minimum atomic E-state index is -0.00681. The van der Waals surface area contributed by atoms with E-state index < -0.39 is 0 Å². The van der Waals surface area contributed by atoms with E-state index in [4.69, 9.17) is 15.2 Å². The topological polar surface area (TPSA) is 64.7 Å². The zero-order valence-electron chi connectivity index (χ0n) is 7.00. The Hall–Kier alpha value is -1.58. The van der Waals surface area contributed by atoms with E-state index in [9.17, 15) is 5.11 Å². The van der Waals surface area contributed by atoms with Crippen LogP contribution in [0, 0.1) is 0 Å². The van der Waals surface area contributed by atoms with E-state index in [0.717, 1.165) is 0 Å². The fraction of sp³-hybridized carbons (Fsp3) is 0.250. The van der Waals surface area contributed by atoms with Gasteiger partial charge in [0.1, 0.15) is 5.75 Å². The standard InChI is InChI=1S/C8H11NO3/c1-11-7-3-5(9)6(10)4-8(7)12-2/h3-4,10H,9H2,1-2H3. The van der Waals surface area contributed by atoms with Crippen LogP contribution in [0.25, 0.3) is 0 Å². The average molecular weight is 169 g/mol. The second kappa shape index (κ2) is 3.21. The summed E-state index contributed by atoms with van der Waals surface area (Å²) in [6.45, 7) is 0. The van der Waals surface area contributed by atoms with Crippen molar-refractivity contribution in [1.29, 1.82) is 0 Å². The molecule has 0 unspecified atom stereocenters. The molecule has 0 amide bonds. The smallest absolute Gasteiger partial charge is 0.164 e. The van der Waals surface area contributed by atoms with E-state index in [2.05, 4.69) is 0 Å².